The lowest BCUT2D eigenvalue weighted by Crippen LogP contribution is -2.39. The normalized spacial score (nSPS) is 18.9. The van der Waals surface area contributed by atoms with E-state index in [2.05, 4.69) is 5.32 Å². The minimum Gasteiger partial charge on any atom is -0.383 e. The van der Waals surface area contributed by atoms with Crippen molar-refractivity contribution >= 4 is 11.6 Å². The molecule has 0 aliphatic heterocycles. The lowest BCUT2D eigenvalue weighted by molar-refractivity contribution is -0.385. The van der Waals surface area contributed by atoms with Crippen LogP contribution in [0.4, 0.5) is 5.69 Å². The van der Waals surface area contributed by atoms with Crippen molar-refractivity contribution in [1.29, 1.82) is 0 Å². The van der Waals surface area contributed by atoms with E-state index in [1.54, 1.807) is 6.92 Å². The Labute approximate surface area is 139 Å². The minimum atomic E-state index is -1.07. The summed E-state index contributed by atoms with van der Waals surface area (Å²) in [6.07, 6.45) is 1.34. The number of carbonyl (C=O) groups is 1. The van der Waals surface area contributed by atoms with Crippen LogP contribution in [0.3, 0.4) is 0 Å². The van der Waals surface area contributed by atoms with E-state index in [0.717, 1.165) is 17.5 Å². The molecule has 2 aromatic rings. The molecular weight excluding hydrogens is 308 g/mol. The topological polar surface area (TPSA) is 92.5 Å². The first-order valence-corrected chi connectivity index (χ1v) is 7.75. The molecular formula is C18H18N2O4. The molecule has 124 valence electrons. The quantitative estimate of drug-likeness (QED) is 0.667. The third-order valence-corrected chi connectivity index (χ3v) is 4.52. The Bertz CT molecular complexity index is 818. The number of aliphatic hydroxyl groups is 1. The number of nitro benzene ring substituents is 1. The SMILES string of the molecule is Cc1cc(C(=O)NCC2(O)CCc3ccccc32)ccc1[N+](=O)[O-]. The number of aryl methyl sites for hydroxylation is 2. The van der Waals surface area contributed by atoms with Crippen LogP contribution < -0.4 is 5.32 Å². The highest BCUT2D eigenvalue weighted by molar-refractivity contribution is 5.94. The summed E-state index contributed by atoms with van der Waals surface area (Å²) in [5.74, 6) is -0.356. The first kappa shape index (κ1) is 16.1. The largest absolute Gasteiger partial charge is 0.383 e. The minimum absolute atomic E-state index is 0.0186. The molecule has 3 rings (SSSR count). The highest BCUT2D eigenvalue weighted by Crippen LogP contribution is 2.36. The van der Waals surface area contributed by atoms with E-state index in [0.29, 0.717) is 17.5 Å². The molecule has 0 spiro atoms. The molecule has 0 bridgehead atoms. The zero-order valence-corrected chi connectivity index (χ0v) is 13.3. The highest BCUT2D eigenvalue weighted by atomic mass is 16.6. The Hall–Kier alpha value is -2.73. The number of amides is 1. The molecule has 6 nitrogen and oxygen atoms in total. The van der Waals surface area contributed by atoms with Gasteiger partial charge in [-0.3, -0.25) is 14.9 Å². The highest BCUT2D eigenvalue weighted by Gasteiger charge is 2.36. The second-order valence-corrected chi connectivity index (χ2v) is 6.13. The molecule has 2 aromatic carbocycles. The van der Waals surface area contributed by atoms with Crippen molar-refractivity contribution in [1.82, 2.24) is 5.32 Å². The van der Waals surface area contributed by atoms with Crippen LogP contribution in [0.5, 0.6) is 0 Å². The molecule has 24 heavy (non-hydrogen) atoms. The van der Waals surface area contributed by atoms with Gasteiger partial charge in [-0.2, -0.15) is 0 Å². The lowest BCUT2D eigenvalue weighted by atomic mass is 9.96. The maximum Gasteiger partial charge on any atom is 0.272 e. The van der Waals surface area contributed by atoms with E-state index in [9.17, 15) is 20.0 Å². The van der Waals surface area contributed by atoms with Crippen molar-refractivity contribution < 1.29 is 14.8 Å². The standard InChI is InChI=1S/C18H18N2O4/c1-12-10-14(6-7-16(12)20(23)24)17(21)19-11-18(22)9-8-13-4-2-3-5-15(13)18/h2-7,10,22H,8-9,11H2,1H3,(H,19,21). The Balaban J connectivity index is 1.73. The van der Waals surface area contributed by atoms with E-state index < -0.39 is 10.5 Å². The summed E-state index contributed by atoms with van der Waals surface area (Å²) in [7, 11) is 0. The second kappa shape index (κ2) is 6.05. The molecule has 0 saturated carbocycles. The molecule has 0 heterocycles. The van der Waals surface area contributed by atoms with Gasteiger partial charge in [-0.05, 0) is 43.0 Å². The summed E-state index contributed by atoms with van der Waals surface area (Å²) in [5.41, 5.74) is 1.63. The number of rotatable bonds is 4. The van der Waals surface area contributed by atoms with Gasteiger partial charge >= 0.3 is 0 Å². The summed E-state index contributed by atoms with van der Waals surface area (Å²) in [6, 6.07) is 11.9. The Morgan fingerprint density at radius 3 is 2.79 bits per heavy atom. The van der Waals surface area contributed by atoms with E-state index in [-0.39, 0.29) is 18.1 Å². The third-order valence-electron chi connectivity index (χ3n) is 4.52. The van der Waals surface area contributed by atoms with Gasteiger partial charge in [0.25, 0.3) is 11.6 Å². The van der Waals surface area contributed by atoms with Crippen molar-refractivity contribution in [2.24, 2.45) is 0 Å². The molecule has 1 amide bonds. The number of benzene rings is 2. The molecule has 1 aliphatic rings. The summed E-state index contributed by atoms with van der Waals surface area (Å²) in [6.45, 7) is 1.70. The Kier molecular flexibility index (Phi) is 4.07. The average Bonchev–Trinajstić information content (AvgIpc) is 2.90. The Morgan fingerprint density at radius 1 is 1.33 bits per heavy atom. The van der Waals surface area contributed by atoms with Crippen LogP contribution in [0.15, 0.2) is 42.5 Å². The molecule has 0 fully saturated rings. The number of nitro groups is 1. The second-order valence-electron chi connectivity index (χ2n) is 6.13. The van der Waals surface area contributed by atoms with Crippen LogP contribution in [0.2, 0.25) is 0 Å². The zero-order valence-electron chi connectivity index (χ0n) is 13.3. The van der Waals surface area contributed by atoms with Gasteiger partial charge in [0.1, 0.15) is 5.60 Å². The predicted octanol–water partition coefficient (Wildman–Crippen LogP) is 2.47. The maximum absolute atomic E-state index is 12.3. The van der Waals surface area contributed by atoms with Gasteiger partial charge < -0.3 is 10.4 Å². The fourth-order valence-corrected chi connectivity index (χ4v) is 3.18. The van der Waals surface area contributed by atoms with Crippen LogP contribution >= 0.6 is 0 Å². The molecule has 1 unspecified atom stereocenters. The van der Waals surface area contributed by atoms with E-state index in [1.165, 1.54) is 18.2 Å². The fourth-order valence-electron chi connectivity index (χ4n) is 3.18. The predicted molar refractivity (Wildman–Crippen MR) is 88.8 cm³/mol. The van der Waals surface area contributed by atoms with Gasteiger partial charge in [-0.25, -0.2) is 0 Å². The van der Waals surface area contributed by atoms with Crippen LogP contribution in [-0.4, -0.2) is 22.5 Å². The molecule has 0 saturated heterocycles. The lowest BCUT2D eigenvalue weighted by Gasteiger charge is -2.24. The van der Waals surface area contributed by atoms with Crippen molar-refractivity contribution in [3.8, 4) is 0 Å². The molecule has 1 aliphatic carbocycles. The Morgan fingerprint density at radius 2 is 2.08 bits per heavy atom. The summed E-state index contributed by atoms with van der Waals surface area (Å²) in [5, 5.41) is 24.4. The number of nitrogens with one attached hydrogen (secondary N) is 1. The average molecular weight is 326 g/mol. The zero-order chi connectivity index (χ0) is 17.3. The number of carbonyl (C=O) groups excluding carboxylic acids is 1. The summed E-state index contributed by atoms with van der Waals surface area (Å²) < 4.78 is 0. The molecule has 6 heteroatoms. The smallest absolute Gasteiger partial charge is 0.272 e. The molecule has 0 radical (unpaired) electrons. The van der Waals surface area contributed by atoms with Crippen LogP contribution in [0.1, 0.15) is 33.5 Å². The van der Waals surface area contributed by atoms with Gasteiger partial charge in [0.2, 0.25) is 0 Å². The van der Waals surface area contributed by atoms with Gasteiger partial charge in [0.15, 0.2) is 0 Å². The first-order chi connectivity index (χ1) is 11.4. The van der Waals surface area contributed by atoms with Gasteiger partial charge in [0, 0.05) is 17.2 Å². The van der Waals surface area contributed by atoms with Crippen molar-refractivity contribution in [2.75, 3.05) is 6.54 Å². The van der Waals surface area contributed by atoms with Crippen molar-refractivity contribution in [2.45, 2.75) is 25.4 Å². The molecule has 1 atom stereocenters. The van der Waals surface area contributed by atoms with Crippen molar-refractivity contribution in [3.05, 3.63) is 74.8 Å². The van der Waals surface area contributed by atoms with Crippen LogP contribution in [0, 0.1) is 17.0 Å². The van der Waals surface area contributed by atoms with Gasteiger partial charge in [-0.1, -0.05) is 24.3 Å². The maximum atomic E-state index is 12.3. The van der Waals surface area contributed by atoms with Gasteiger partial charge in [0.05, 0.1) is 11.5 Å². The summed E-state index contributed by atoms with van der Waals surface area (Å²) >= 11 is 0. The fraction of sp³-hybridized carbons (Fsp3) is 0.278. The van der Waals surface area contributed by atoms with E-state index in [4.69, 9.17) is 0 Å². The van der Waals surface area contributed by atoms with Crippen molar-refractivity contribution in [3.63, 3.8) is 0 Å². The first-order valence-electron chi connectivity index (χ1n) is 7.75. The van der Waals surface area contributed by atoms with E-state index >= 15 is 0 Å². The number of fused-ring (bicyclic) bond motifs is 1. The van der Waals surface area contributed by atoms with Gasteiger partial charge in [-0.15, -0.1) is 0 Å². The number of hydrogen-bond acceptors (Lipinski definition) is 4. The number of nitrogens with zero attached hydrogens (tertiary/aromatic N) is 1. The van der Waals surface area contributed by atoms with E-state index in [1.807, 2.05) is 24.3 Å². The van der Waals surface area contributed by atoms with Crippen LogP contribution in [-0.2, 0) is 12.0 Å². The molecule has 0 aromatic heterocycles. The summed E-state index contributed by atoms with van der Waals surface area (Å²) in [4.78, 5) is 22.7. The third kappa shape index (κ3) is 2.88. The van der Waals surface area contributed by atoms with Crippen LogP contribution in [0.25, 0.3) is 0 Å². The molecule has 2 N–H and O–H groups in total. The number of hydrogen-bond donors (Lipinski definition) is 2. The monoisotopic (exact) mass is 326 g/mol.